The number of nitrogens with zero attached hydrogens (tertiary/aromatic N) is 2. The average Bonchev–Trinajstić information content (AvgIpc) is 2.53. The third-order valence-corrected chi connectivity index (χ3v) is 3.95. The van der Waals surface area contributed by atoms with E-state index in [1.165, 1.54) is 11.1 Å². The summed E-state index contributed by atoms with van der Waals surface area (Å²) in [6.07, 6.45) is 3.69. The van der Waals surface area contributed by atoms with Crippen molar-refractivity contribution in [1.29, 1.82) is 0 Å². The maximum atomic E-state index is 5.70. The molecule has 0 saturated carbocycles. The Labute approximate surface area is 130 Å². The summed E-state index contributed by atoms with van der Waals surface area (Å²) >= 11 is 0. The third-order valence-electron chi connectivity index (χ3n) is 3.95. The van der Waals surface area contributed by atoms with Gasteiger partial charge >= 0.3 is 0 Å². The van der Waals surface area contributed by atoms with Crippen LogP contribution in [0.2, 0.25) is 0 Å². The minimum Gasteiger partial charge on any atom is -0.495 e. The number of anilines is 3. The molecule has 1 atom stereocenters. The molecule has 2 aromatic rings. The summed E-state index contributed by atoms with van der Waals surface area (Å²) in [4.78, 5) is 8.36. The normalized spacial score (nSPS) is 16.9. The van der Waals surface area contributed by atoms with E-state index in [9.17, 15) is 0 Å². The molecule has 0 fully saturated rings. The number of ether oxygens (including phenoxy) is 1. The minimum absolute atomic E-state index is 0.385. The fourth-order valence-electron chi connectivity index (χ4n) is 2.86. The number of rotatable bonds is 4. The molecule has 6 nitrogen and oxygen atoms in total. The number of nitrogens with one attached hydrogen (secondary N) is 2. The second-order valence-electron chi connectivity index (χ2n) is 5.35. The lowest BCUT2D eigenvalue weighted by Crippen LogP contribution is -2.29. The van der Waals surface area contributed by atoms with Crippen molar-refractivity contribution in [3.8, 4) is 5.75 Å². The summed E-state index contributed by atoms with van der Waals surface area (Å²) in [5.74, 6) is 1.69. The van der Waals surface area contributed by atoms with Crippen LogP contribution in [-0.4, -0.2) is 23.6 Å². The Hall–Kier alpha value is -2.34. The van der Waals surface area contributed by atoms with E-state index in [0.717, 1.165) is 30.8 Å². The summed E-state index contributed by atoms with van der Waals surface area (Å²) in [5.41, 5.74) is 9.20. The molecule has 0 spiro atoms. The third kappa shape index (κ3) is 2.82. The fourth-order valence-corrected chi connectivity index (χ4v) is 2.86. The van der Waals surface area contributed by atoms with Gasteiger partial charge in [0.2, 0.25) is 5.95 Å². The summed E-state index contributed by atoms with van der Waals surface area (Å²) in [5, 5.41) is 6.74. The van der Waals surface area contributed by atoms with Crippen LogP contribution in [0.15, 0.2) is 24.4 Å². The Morgan fingerprint density at radius 2 is 2.32 bits per heavy atom. The Morgan fingerprint density at radius 1 is 1.45 bits per heavy atom. The van der Waals surface area contributed by atoms with Gasteiger partial charge in [0.15, 0.2) is 0 Å². The molecule has 1 aliphatic rings. The predicted molar refractivity (Wildman–Crippen MR) is 87.5 cm³/mol. The average molecular weight is 299 g/mol. The molecule has 0 radical (unpaired) electrons. The summed E-state index contributed by atoms with van der Waals surface area (Å²) in [7, 11) is 1.67. The van der Waals surface area contributed by atoms with E-state index in [0.29, 0.717) is 17.8 Å². The first-order valence-corrected chi connectivity index (χ1v) is 7.51. The van der Waals surface area contributed by atoms with Crippen LogP contribution in [0.3, 0.4) is 0 Å². The molecule has 0 amide bonds. The van der Waals surface area contributed by atoms with Gasteiger partial charge in [-0.25, -0.2) is 4.98 Å². The van der Waals surface area contributed by atoms with E-state index >= 15 is 0 Å². The maximum Gasteiger partial charge on any atom is 0.229 e. The molecule has 4 N–H and O–H groups in total. The van der Waals surface area contributed by atoms with Gasteiger partial charge < -0.3 is 21.1 Å². The Balaban J connectivity index is 1.97. The molecule has 1 unspecified atom stereocenters. The molecule has 2 heterocycles. The summed E-state index contributed by atoms with van der Waals surface area (Å²) in [6.45, 7) is 3.18. The first kappa shape index (κ1) is 14.6. The standard InChI is InChI=1S/C16H21N5O/c1-3-12-11-9-14(22-2)13(8-10(11)4-6-18-12)20-16-19-7-5-15(17)21-16/h5,7-9,12,18H,3-4,6H2,1-2H3,(H3,17,19,20,21). The number of nitrogen functional groups attached to an aromatic ring is 1. The summed E-state index contributed by atoms with van der Waals surface area (Å²) in [6, 6.07) is 6.27. The highest BCUT2D eigenvalue weighted by Gasteiger charge is 2.21. The molecule has 1 aromatic carbocycles. The van der Waals surface area contributed by atoms with Crippen LogP contribution in [0.1, 0.15) is 30.5 Å². The van der Waals surface area contributed by atoms with Crippen molar-refractivity contribution >= 4 is 17.5 Å². The first-order valence-electron chi connectivity index (χ1n) is 7.51. The number of hydrogen-bond donors (Lipinski definition) is 3. The van der Waals surface area contributed by atoms with Crippen molar-refractivity contribution < 1.29 is 4.74 Å². The molecule has 1 aliphatic heterocycles. The van der Waals surface area contributed by atoms with Gasteiger partial charge in [-0.3, -0.25) is 0 Å². The van der Waals surface area contributed by atoms with Crippen molar-refractivity contribution in [1.82, 2.24) is 15.3 Å². The smallest absolute Gasteiger partial charge is 0.229 e. The molecule has 1 aromatic heterocycles. The van der Waals surface area contributed by atoms with Crippen LogP contribution in [0.25, 0.3) is 0 Å². The zero-order chi connectivity index (χ0) is 15.5. The van der Waals surface area contributed by atoms with Gasteiger partial charge in [-0.1, -0.05) is 6.92 Å². The summed E-state index contributed by atoms with van der Waals surface area (Å²) < 4.78 is 5.53. The van der Waals surface area contributed by atoms with Crippen molar-refractivity contribution in [2.75, 3.05) is 24.7 Å². The first-order chi connectivity index (χ1) is 10.7. The van der Waals surface area contributed by atoms with Crippen LogP contribution in [0.4, 0.5) is 17.5 Å². The number of methoxy groups -OCH3 is 1. The highest BCUT2D eigenvalue weighted by Crippen LogP contribution is 2.35. The van der Waals surface area contributed by atoms with Crippen molar-refractivity contribution in [3.05, 3.63) is 35.5 Å². The highest BCUT2D eigenvalue weighted by atomic mass is 16.5. The molecular weight excluding hydrogens is 278 g/mol. The molecule has 0 saturated heterocycles. The lowest BCUT2D eigenvalue weighted by atomic mass is 9.92. The predicted octanol–water partition coefficient (Wildman–Crippen LogP) is 2.41. The van der Waals surface area contributed by atoms with E-state index in [-0.39, 0.29) is 0 Å². The van der Waals surface area contributed by atoms with Gasteiger partial charge in [0, 0.05) is 12.2 Å². The molecule has 0 aliphatic carbocycles. The lowest BCUT2D eigenvalue weighted by Gasteiger charge is -2.27. The minimum atomic E-state index is 0.385. The van der Waals surface area contributed by atoms with Gasteiger partial charge in [-0.05, 0) is 48.7 Å². The van der Waals surface area contributed by atoms with Crippen LogP contribution < -0.4 is 21.1 Å². The molecule has 3 rings (SSSR count). The maximum absolute atomic E-state index is 5.70. The van der Waals surface area contributed by atoms with Crippen LogP contribution in [0, 0.1) is 0 Å². The van der Waals surface area contributed by atoms with Crippen LogP contribution in [-0.2, 0) is 6.42 Å². The number of aromatic nitrogens is 2. The Morgan fingerprint density at radius 3 is 3.05 bits per heavy atom. The fraction of sp³-hybridized carbons (Fsp3) is 0.375. The zero-order valence-electron chi connectivity index (χ0n) is 12.9. The van der Waals surface area contributed by atoms with Gasteiger partial charge in [0.1, 0.15) is 11.6 Å². The zero-order valence-corrected chi connectivity index (χ0v) is 12.9. The van der Waals surface area contributed by atoms with E-state index < -0.39 is 0 Å². The Kier molecular flexibility index (Phi) is 4.11. The van der Waals surface area contributed by atoms with E-state index in [1.807, 2.05) is 0 Å². The molecule has 116 valence electrons. The highest BCUT2D eigenvalue weighted by molar-refractivity contribution is 5.66. The second-order valence-corrected chi connectivity index (χ2v) is 5.35. The number of hydrogen-bond acceptors (Lipinski definition) is 6. The molecule has 22 heavy (non-hydrogen) atoms. The number of benzene rings is 1. The second kappa shape index (κ2) is 6.19. The van der Waals surface area contributed by atoms with Crippen LogP contribution >= 0.6 is 0 Å². The van der Waals surface area contributed by atoms with E-state index in [2.05, 4.69) is 39.7 Å². The lowest BCUT2D eigenvalue weighted by molar-refractivity contribution is 0.412. The topological polar surface area (TPSA) is 85.1 Å². The Bertz CT molecular complexity index is 674. The van der Waals surface area contributed by atoms with Gasteiger partial charge in [0.05, 0.1) is 12.8 Å². The van der Waals surface area contributed by atoms with E-state index in [4.69, 9.17) is 10.5 Å². The number of nitrogens with two attached hydrogens (primary N) is 1. The van der Waals surface area contributed by atoms with Crippen molar-refractivity contribution in [3.63, 3.8) is 0 Å². The van der Waals surface area contributed by atoms with Crippen molar-refractivity contribution in [2.24, 2.45) is 0 Å². The SMILES string of the molecule is CCC1NCCc2cc(Nc3nccc(N)n3)c(OC)cc21. The molecular formula is C16H21N5O. The van der Waals surface area contributed by atoms with Gasteiger partial charge in [0.25, 0.3) is 0 Å². The van der Waals surface area contributed by atoms with Gasteiger partial charge in [-0.2, -0.15) is 4.98 Å². The monoisotopic (exact) mass is 299 g/mol. The van der Waals surface area contributed by atoms with Crippen molar-refractivity contribution in [2.45, 2.75) is 25.8 Å². The van der Waals surface area contributed by atoms with Gasteiger partial charge in [-0.15, -0.1) is 0 Å². The van der Waals surface area contributed by atoms with E-state index in [1.54, 1.807) is 19.4 Å². The number of fused-ring (bicyclic) bond motifs is 1. The largest absolute Gasteiger partial charge is 0.495 e. The van der Waals surface area contributed by atoms with Crippen LogP contribution in [0.5, 0.6) is 5.75 Å². The molecule has 6 heteroatoms. The quantitative estimate of drug-likeness (QED) is 0.804. The molecule has 0 bridgehead atoms.